The van der Waals surface area contributed by atoms with E-state index in [0.717, 1.165) is 36.2 Å². The van der Waals surface area contributed by atoms with Crippen LogP contribution < -0.4 is 17.0 Å². The largest absolute Gasteiger partial charge is 0.397 e. The van der Waals surface area contributed by atoms with E-state index in [1.54, 1.807) is 0 Å². The normalized spacial score (nSPS) is 21.0. The van der Waals surface area contributed by atoms with Crippen molar-refractivity contribution in [2.24, 2.45) is 17.7 Å². The van der Waals surface area contributed by atoms with E-state index in [1.165, 1.54) is 43.5 Å². The minimum atomic E-state index is 0. The quantitative estimate of drug-likeness (QED) is 0.423. The highest BCUT2D eigenvalue weighted by Crippen LogP contribution is 2.37. The molecule has 2 unspecified atom stereocenters. The van der Waals surface area contributed by atoms with Crippen LogP contribution in [0.15, 0.2) is 48.5 Å². The third-order valence-corrected chi connectivity index (χ3v) is 5.73. The molecule has 2 atom stereocenters. The Labute approximate surface area is 164 Å². The van der Waals surface area contributed by atoms with Gasteiger partial charge in [0.2, 0.25) is 0 Å². The number of nitrogen functional groups attached to an aromatic ring is 2. The number of hydrazine groups is 1. The standard InChI is InChI=1S/C15H24N4.C7H8.CH4/c16-14-8-11(4-5-15(14)18-17)6-7-19-9-12-2-1-3-13(12)10-19;1-7-5-3-2-4-6-7;/h4-5,8,12-13,18H,1-3,6-7,9-10,16-17H2;2-6H,1H3;1H4. The first-order valence-corrected chi connectivity index (χ1v) is 9.74. The van der Waals surface area contributed by atoms with Gasteiger partial charge >= 0.3 is 0 Å². The summed E-state index contributed by atoms with van der Waals surface area (Å²) in [5.74, 6) is 7.35. The SMILES string of the molecule is C.Cc1ccccc1.NNc1ccc(CCN2CC3CCCC3C2)cc1N. The number of likely N-dealkylation sites (tertiary alicyclic amines) is 1. The number of aryl methyl sites for hydroxylation is 1. The Morgan fingerprint density at radius 3 is 2.22 bits per heavy atom. The van der Waals surface area contributed by atoms with Gasteiger partial charge in [-0.3, -0.25) is 5.84 Å². The molecule has 2 aromatic rings. The van der Waals surface area contributed by atoms with Crippen LogP contribution in [0.25, 0.3) is 0 Å². The molecule has 148 valence electrons. The summed E-state index contributed by atoms with van der Waals surface area (Å²) in [6, 6.07) is 16.4. The number of nitrogens with one attached hydrogen (secondary N) is 1. The molecule has 1 aliphatic carbocycles. The molecule has 4 rings (SSSR count). The molecule has 27 heavy (non-hydrogen) atoms. The molecule has 0 amide bonds. The Hall–Kier alpha value is -2.04. The smallest absolute Gasteiger partial charge is 0.0716 e. The van der Waals surface area contributed by atoms with E-state index in [9.17, 15) is 0 Å². The number of fused-ring (bicyclic) bond motifs is 1. The van der Waals surface area contributed by atoms with Gasteiger partial charge in [-0.25, -0.2) is 0 Å². The Morgan fingerprint density at radius 1 is 1.04 bits per heavy atom. The lowest BCUT2D eigenvalue weighted by Gasteiger charge is -2.17. The van der Waals surface area contributed by atoms with Gasteiger partial charge in [0.25, 0.3) is 0 Å². The molecule has 1 aliphatic heterocycles. The van der Waals surface area contributed by atoms with Crippen LogP contribution in [-0.2, 0) is 6.42 Å². The van der Waals surface area contributed by atoms with Crippen molar-refractivity contribution < 1.29 is 0 Å². The van der Waals surface area contributed by atoms with Crippen LogP contribution in [0.3, 0.4) is 0 Å². The zero-order valence-corrected chi connectivity index (χ0v) is 15.8. The number of anilines is 2. The van der Waals surface area contributed by atoms with Crippen molar-refractivity contribution in [3.8, 4) is 0 Å². The van der Waals surface area contributed by atoms with Crippen molar-refractivity contribution in [1.82, 2.24) is 4.90 Å². The topological polar surface area (TPSA) is 67.3 Å². The van der Waals surface area contributed by atoms with Crippen molar-refractivity contribution in [2.45, 2.75) is 40.0 Å². The lowest BCUT2D eigenvalue weighted by Crippen LogP contribution is -2.24. The second-order valence-corrected chi connectivity index (χ2v) is 7.68. The van der Waals surface area contributed by atoms with E-state index < -0.39 is 0 Å². The van der Waals surface area contributed by atoms with Crippen LogP contribution in [0.1, 0.15) is 37.8 Å². The fourth-order valence-electron chi connectivity index (χ4n) is 4.24. The predicted molar refractivity (Wildman–Crippen MR) is 118 cm³/mol. The first kappa shape index (κ1) is 21.3. The number of benzene rings is 2. The van der Waals surface area contributed by atoms with Gasteiger partial charge in [-0.2, -0.15) is 0 Å². The van der Waals surface area contributed by atoms with Gasteiger partial charge < -0.3 is 16.1 Å². The second-order valence-electron chi connectivity index (χ2n) is 7.68. The summed E-state index contributed by atoms with van der Waals surface area (Å²) in [5.41, 5.74) is 12.7. The molecule has 5 N–H and O–H groups in total. The zero-order chi connectivity index (χ0) is 18.4. The molecule has 0 aromatic heterocycles. The minimum Gasteiger partial charge on any atom is -0.397 e. The first-order valence-electron chi connectivity index (χ1n) is 9.74. The summed E-state index contributed by atoms with van der Waals surface area (Å²) in [4.78, 5) is 2.62. The molecule has 1 saturated heterocycles. The van der Waals surface area contributed by atoms with E-state index in [-0.39, 0.29) is 7.43 Å². The zero-order valence-electron chi connectivity index (χ0n) is 15.8. The third-order valence-electron chi connectivity index (χ3n) is 5.73. The molecule has 4 nitrogen and oxygen atoms in total. The molecule has 2 aliphatic rings. The van der Waals surface area contributed by atoms with Crippen LogP contribution in [-0.4, -0.2) is 24.5 Å². The number of nitrogens with zero attached hydrogens (tertiary/aromatic N) is 1. The van der Waals surface area contributed by atoms with Crippen LogP contribution >= 0.6 is 0 Å². The fourth-order valence-corrected chi connectivity index (χ4v) is 4.24. The van der Waals surface area contributed by atoms with Gasteiger partial charge in [-0.15, -0.1) is 0 Å². The molecule has 1 saturated carbocycles. The molecule has 2 aromatic carbocycles. The molecule has 2 fully saturated rings. The summed E-state index contributed by atoms with van der Waals surface area (Å²) in [7, 11) is 0. The maximum absolute atomic E-state index is 5.93. The van der Waals surface area contributed by atoms with Crippen molar-refractivity contribution in [3.63, 3.8) is 0 Å². The first-order chi connectivity index (χ1) is 12.7. The maximum atomic E-state index is 5.93. The van der Waals surface area contributed by atoms with Gasteiger partial charge in [-0.05, 0) is 55.7 Å². The highest BCUT2D eigenvalue weighted by atomic mass is 15.2. The third kappa shape index (κ3) is 5.98. The van der Waals surface area contributed by atoms with E-state index in [2.05, 4.69) is 35.4 Å². The summed E-state index contributed by atoms with van der Waals surface area (Å²) in [6.45, 7) is 5.85. The molecule has 4 heteroatoms. The Kier molecular flexibility index (Phi) is 8.14. The van der Waals surface area contributed by atoms with E-state index in [0.29, 0.717) is 0 Å². The van der Waals surface area contributed by atoms with Crippen molar-refractivity contribution in [2.75, 3.05) is 30.8 Å². The predicted octanol–water partition coefficient (Wildman–Crippen LogP) is 4.46. The molecular weight excluding hydrogens is 332 g/mol. The molecule has 0 bridgehead atoms. The number of hydrogen-bond acceptors (Lipinski definition) is 4. The number of hydrogen-bond donors (Lipinski definition) is 3. The van der Waals surface area contributed by atoms with Gasteiger partial charge in [0.15, 0.2) is 0 Å². The van der Waals surface area contributed by atoms with Gasteiger partial charge in [0.05, 0.1) is 11.4 Å². The van der Waals surface area contributed by atoms with Crippen LogP contribution in [0.4, 0.5) is 11.4 Å². The average molecular weight is 369 g/mol. The van der Waals surface area contributed by atoms with E-state index in [1.807, 2.05) is 30.3 Å². The van der Waals surface area contributed by atoms with E-state index in [4.69, 9.17) is 11.6 Å². The highest BCUT2D eigenvalue weighted by Gasteiger charge is 2.35. The molecular formula is C23H36N4. The van der Waals surface area contributed by atoms with Crippen LogP contribution in [0.2, 0.25) is 0 Å². The Morgan fingerprint density at radius 2 is 1.70 bits per heavy atom. The van der Waals surface area contributed by atoms with E-state index >= 15 is 0 Å². The Balaban J connectivity index is 0.000000278. The summed E-state index contributed by atoms with van der Waals surface area (Å²) < 4.78 is 0. The van der Waals surface area contributed by atoms with Gasteiger partial charge in [0, 0.05) is 19.6 Å². The van der Waals surface area contributed by atoms with Crippen molar-refractivity contribution in [1.29, 1.82) is 0 Å². The molecule has 1 heterocycles. The van der Waals surface area contributed by atoms with Crippen molar-refractivity contribution in [3.05, 3.63) is 59.7 Å². The molecule has 0 spiro atoms. The second kappa shape index (κ2) is 10.3. The Bertz CT molecular complexity index is 674. The van der Waals surface area contributed by atoms with Crippen LogP contribution in [0.5, 0.6) is 0 Å². The maximum Gasteiger partial charge on any atom is 0.0716 e. The summed E-state index contributed by atoms with van der Waals surface area (Å²) in [6.07, 6.45) is 5.43. The molecule has 0 radical (unpaired) electrons. The minimum absolute atomic E-state index is 0. The summed E-state index contributed by atoms with van der Waals surface area (Å²) >= 11 is 0. The highest BCUT2D eigenvalue weighted by molar-refractivity contribution is 5.66. The average Bonchev–Trinajstić information content (AvgIpc) is 3.23. The number of nitrogens with two attached hydrogens (primary N) is 2. The fraction of sp³-hybridized carbons (Fsp3) is 0.478. The lowest BCUT2D eigenvalue weighted by molar-refractivity contribution is 0.315. The number of rotatable bonds is 4. The van der Waals surface area contributed by atoms with Gasteiger partial charge in [0.1, 0.15) is 0 Å². The lowest BCUT2D eigenvalue weighted by atomic mass is 10.0. The van der Waals surface area contributed by atoms with Crippen LogP contribution in [0, 0.1) is 18.8 Å². The van der Waals surface area contributed by atoms with Gasteiger partial charge in [-0.1, -0.05) is 55.8 Å². The summed E-state index contributed by atoms with van der Waals surface area (Å²) in [5, 5.41) is 0. The monoisotopic (exact) mass is 368 g/mol. The van der Waals surface area contributed by atoms with Crippen molar-refractivity contribution >= 4 is 11.4 Å².